The van der Waals surface area contributed by atoms with E-state index in [0.29, 0.717) is 0 Å². The van der Waals surface area contributed by atoms with Crippen LogP contribution in [-0.4, -0.2) is 14.8 Å². The van der Waals surface area contributed by atoms with E-state index in [9.17, 15) is 0 Å². The molecule has 0 saturated heterocycles. The van der Waals surface area contributed by atoms with Gasteiger partial charge in [0.2, 0.25) is 0 Å². The average molecular weight is 203 g/mol. The molecule has 2 aromatic rings. The maximum absolute atomic E-state index is 4.45. The lowest BCUT2D eigenvalue weighted by molar-refractivity contribution is 0.570. The Morgan fingerprint density at radius 1 is 1.33 bits per heavy atom. The molecule has 0 unspecified atom stereocenters. The number of hydrogen-bond acceptors (Lipinski definition) is 2. The van der Waals surface area contributed by atoms with Crippen molar-refractivity contribution in [3.63, 3.8) is 0 Å². The Kier molecular flexibility index (Phi) is 2.25. The molecule has 15 heavy (non-hydrogen) atoms. The van der Waals surface area contributed by atoms with Crippen LogP contribution in [0.5, 0.6) is 0 Å². The molecule has 80 valence electrons. The van der Waals surface area contributed by atoms with Crippen LogP contribution >= 0.6 is 0 Å². The first kappa shape index (κ1) is 10.1. The molecule has 0 amide bonds. The van der Waals surface area contributed by atoms with Crippen molar-refractivity contribution in [1.82, 2.24) is 14.8 Å². The summed E-state index contributed by atoms with van der Waals surface area (Å²) in [6.45, 7) is 9.51. The topological polar surface area (TPSA) is 30.7 Å². The van der Waals surface area contributed by atoms with Crippen LogP contribution in [0.2, 0.25) is 0 Å². The lowest BCUT2D eigenvalue weighted by Crippen LogP contribution is -2.12. The molecule has 0 N–H and O–H groups in total. The molecule has 0 saturated carbocycles. The van der Waals surface area contributed by atoms with E-state index in [-0.39, 0.29) is 5.41 Å². The standard InChI is InChI=1S/C12H17N3/c1-5-15-8-9-6-11(12(2,3)4)13-7-10(9)14-15/h6-8H,5H2,1-4H3. The molecule has 2 heterocycles. The van der Waals surface area contributed by atoms with E-state index in [2.05, 4.69) is 50.0 Å². The van der Waals surface area contributed by atoms with Crippen LogP contribution in [0.3, 0.4) is 0 Å². The lowest BCUT2D eigenvalue weighted by Gasteiger charge is -2.16. The van der Waals surface area contributed by atoms with Crippen molar-refractivity contribution in [3.05, 3.63) is 24.2 Å². The fraction of sp³-hybridized carbons (Fsp3) is 0.500. The number of aromatic nitrogens is 3. The third-order valence-corrected chi connectivity index (χ3v) is 2.53. The van der Waals surface area contributed by atoms with E-state index < -0.39 is 0 Å². The van der Waals surface area contributed by atoms with Crippen LogP contribution in [0.25, 0.3) is 10.9 Å². The van der Waals surface area contributed by atoms with Crippen molar-refractivity contribution in [1.29, 1.82) is 0 Å². The second-order valence-electron chi connectivity index (χ2n) is 4.86. The highest BCUT2D eigenvalue weighted by atomic mass is 15.3. The molecular weight excluding hydrogens is 186 g/mol. The molecule has 0 atom stereocenters. The quantitative estimate of drug-likeness (QED) is 0.713. The second kappa shape index (κ2) is 3.33. The SMILES string of the molecule is CCn1cc2cc(C(C)(C)C)ncc2n1. The summed E-state index contributed by atoms with van der Waals surface area (Å²) in [5, 5.41) is 5.59. The Labute approximate surface area is 90.1 Å². The van der Waals surface area contributed by atoms with E-state index in [0.717, 1.165) is 17.8 Å². The molecular formula is C12H17N3. The van der Waals surface area contributed by atoms with E-state index >= 15 is 0 Å². The first-order valence-electron chi connectivity index (χ1n) is 5.34. The van der Waals surface area contributed by atoms with E-state index in [4.69, 9.17) is 0 Å². The van der Waals surface area contributed by atoms with Gasteiger partial charge in [-0.2, -0.15) is 5.10 Å². The van der Waals surface area contributed by atoms with Crippen LogP contribution in [0.1, 0.15) is 33.4 Å². The van der Waals surface area contributed by atoms with Gasteiger partial charge in [-0.3, -0.25) is 9.67 Å². The third-order valence-electron chi connectivity index (χ3n) is 2.53. The van der Waals surface area contributed by atoms with Crippen molar-refractivity contribution >= 4 is 10.9 Å². The molecule has 0 spiro atoms. The predicted molar refractivity (Wildman–Crippen MR) is 61.9 cm³/mol. The molecule has 0 bridgehead atoms. The monoisotopic (exact) mass is 203 g/mol. The minimum Gasteiger partial charge on any atom is -0.272 e. The normalized spacial score (nSPS) is 12.3. The summed E-state index contributed by atoms with van der Waals surface area (Å²) >= 11 is 0. The third kappa shape index (κ3) is 1.87. The minimum absolute atomic E-state index is 0.0997. The molecule has 3 heteroatoms. The van der Waals surface area contributed by atoms with Gasteiger partial charge < -0.3 is 0 Å². The first-order chi connectivity index (χ1) is 7.00. The molecule has 0 aromatic carbocycles. The number of pyridine rings is 1. The van der Waals surface area contributed by atoms with Crippen molar-refractivity contribution in [3.8, 4) is 0 Å². The van der Waals surface area contributed by atoms with Crippen LogP contribution in [0.4, 0.5) is 0 Å². The number of aryl methyl sites for hydroxylation is 1. The Hall–Kier alpha value is -1.38. The summed E-state index contributed by atoms with van der Waals surface area (Å²) in [4.78, 5) is 4.45. The number of fused-ring (bicyclic) bond motifs is 1. The van der Waals surface area contributed by atoms with Gasteiger partial charge in [-0.1, -0.05) is 20.8 Å². The maximum Gasteiger partial charge on any atom is 0.111 e. The maximum atomic E-state index is 4.45. The highest BCUT2D eigenvalue weighted by Gasteiger charge is 2.16. The van der Waals surface area contributed by atoms with Crippen LogP contribution < -0.4 is 0 Å². The van der Waals surface area contributed by atoms with Gasteiger partial charge in [0.15, 0.2) is 0 Å². The number of hydrogen-bond donors (Lipinski definition) is 0. The van der Waals surface area contributed by atoms with Crippen molar-refractivity contribution in [2.24, 2.45) is 0 Å². The fourth-order valence-corrected chi connectivity index (χ4v) is 1.55. The minimum atomic E-state index is 0.0997. The summed E-state index contributed by atoms with van der Waals surface area (Å²) in [7, 11) is 0. The smallest absolute Gasteiger partial charge is 0.111 e. The van der Waals surface area contributed by atoms with E-state index in [1.807, 2.05) is 10.9 Å². The molecule has 0 aliphatic carbocycles. The van der Waals surface area contributed by atoms with Gasteiger partial charge >= 0.3 is 0 Å². The van der Waals surface area contributed by atoms with Gasteiger partial charge in [0, 0.05) is 29.2 Å². The summed E-state index contributed by atoms with van der Waals surface area (Å²) < 4.78 is 1.94. The number of rotatable bonds is 1. The molecule has 0 radical (unpaired) electrons. The Morgan fingerprint density at radius 3 is 2.67 bits per heavy atom. The van der Waals surface area contributed by atoms with Gasteiger partial charge in [-0.25, -0.2) is 0 Å². The van der Waals surface area contributed by atoms with Crippen molar-refractivity contribution < 1.29 is 0 Å². The Balaban J connectivity index is 2.55. The highest BCUT2D eigenvalue weighted by Crippen LogP contribution is 2.22. The molecule has 0 fully saturated rings. The van der Waals surface area contributed by atoms with Gasteiger partial charge in [-0.15, -0.1) is 0 Å². The molecule has 0 aliphatic rings. The van der Waals surface area contributed by atoms with Crippen LogP contribution in [-0.2, 0) is 12.0 Å². The molecule has 0 aliphatic heterocycles. The zero-order chi connectivity index (χ0) is 11.1. The molecule has 2 rings (SSSR count). The van der Waals surface area contributed by atoms with Crippen molar-refractivity contribution in [2.75, 3.05) is 0 Å². The Morgan fingerprint density at radius 2 is 2.07 bits per heavy atom. The van der Waals surface area contributed by atoms with Gasteiger partial charge in [-0.05, 0) is 13.0 Å². The largest absolute Gasteiger partial charge is 0.272 e. The summed E-state index contributed by atoms with van der Waals surface area (Å²) in [6, 6.07) is 2.13. The van der Waals surface area contributed by atoms with E-state index in [1.165, 1.54) is 5.39 Å². The summed E-state index contributed by atoms with van der Waals surface area (Å²) in [6.07, 6.45) is 3.94. The van der Waals surface area contributed by atoms with Gasteiger partial charge in [0.25, 0.3) is 0 Å². The summed E-state index contributed by atoms with van der Waals surface area (Å²) in [5.41, 5.74) is 2.19. The van der Waals surface area contributed by atoms with Crippen LogP contribution in [0.15, 0.2) is 18.5 Å². The first-order valence-corrected chi connectivity index (χ1v) is 5.34. The molecule has 3 nitrogen and oxygen atoms in total. The van der Waals surface area contributed by atoms with E-state index in [1.54, 1.807) is 0 Å². The van der Waals surface area contributed by atoms with Crippen LogP contribution in [0, 0.1) is 0 Å². The summed E-state index contributed by atoms with van der Waals surface area (Å²) in [5.74, 6) is 0. The number of nitrogens with zero attached hydrogens (tertiary/aromatic N) is 3. The fourth-order valence-electron chi connectivity index (χ4n) is 1.55. The van der Waals surface area contributed by atoms with Crippen molar-refractivity contribution in [2.45, 2.75) is 39.7 Å². The zero-order valence-corrected chi connectivity index (χ0v) is 9.78. The molecule has 2 aromatic heterocycles. The second-order valence-corrected chi connectivity index (χ2v) is 4.86. The van der Waals surface area contributed by atoms with Gasteiger partial charge in [0.1, 0.15) is 5.52 Å². The predicted octanol–water partition coefficient (Wildman–Crippen LogP) is 2.75. The lowest BCUT2D eigenvalue weighted by atomic mass is 9.91. The zero-order valence-electron chi connectivity index (χ0n) is 9.78. The Bertz CT molecular complexity index is 477. The average Bonchev–Trinajstić information content (AvgIpc) is 2.57. The van der Waals surface area contributed by atoms with Gasteiger partial charge in [0.05, 0.1) is 6.20 Å². The highest BCUT2D eigenvalue weighted by molar-refractivity contribution is 5.77.